The molecule has 0 bridgehead atoms. The summed E-state index contributed by atoms with van der Waals surface area (Å²) < 4.78 is 33.5. The normalized spacial score (nSPS) is 14.1. The Labute approximate surface area is 247 Å². The fraction of sp³-hybridized carbons (Fsp3) is 0.148. The van der Waals surface area contributed by atoms with Gasteiger partial charge in [-0.25, -0.2) is 13.5 Å². The molecule has 0 saturated carbocycles. The number of nitrogens with zero attached hydrogens (tertiary/aromatic N) is 4. The summed E-state index contributed by atoms with van der Waals surface area (Å²) in [5.74, 6) is -0.530. The predicted octanol–water partition coefficient (Wildman–Crippen LogP) is 3.64. The molecule has 6 rings (SSSR count). The quantitative estimate of drug-likeness (QED) is 0.206. The van der Waals surface area contributed by atoms with Crippen molar-refractivity contribution in [1.29, 1.82) is 0 Å². The number of hydrogen-bond donors (Lipinski definition) is 4. The number of aromatic nitrogens is 5. The molecule has 15 heteroatoms. The number of morpholine rings is 1. The molecule has 2 aromatic heterocycles. The van der Waals surface area contributed by atoms with Gasteiger partial charge in [-0.3, -0.25) is 9.59 Å². The summed E-state index contributed by atoms with van der Waals surface area (Å²) in [5, 5.41) is 20.2. The molecule has 1 aliphatic rings. The lowest BCUT2D eigenvalue weighted by Crippen LogP contribution is -2.40. The summed E-state index contributed by atoms with van der Waals surface area (Å²) in [6.07, 6.45) is 0. The number of halogens is 1. The number of tetrazole rings is 1. The van der Waals surface area contributed by atoms with Gasteiger partial charge < -0.3 is 20.4 Å². The maximum atomic E-state index is 13.2. The third-order valence-electron chi connectivity index (χ3n) is 6.68. The second-order valence-corrected chi connectivity index (χ2v) is 12.2. The third-order valence-corrected chi connectivity index (χ3v) is 9.07. The number of benzene rings is 3. The lowest BCUT2D eigenvalue weighted by molar-refractivity contribution is 0.0730. The molecule has 13 nitrogen and oxygen atoms in total. The fourth-order valence-corrected chi connectivity index (χ4v) is 6.41. The van der Waals surface area contributed by atoms with Crippen LogP contribution in [0.3, 0.4) is 0 Å². The molecule has 1 aliphatic heterocycles. The molecular formula is C27H23BrN8O5S. The lowest BCUT2D eigenvalue weighted by Gasteiger charge is -2.26. The highest BCUT2D eigenvalue weighted by Crippen LogP contribution is 2.30. The van der Waals surface area contributed by atoms with E-state index in [2.05, 4.69) is 52.2 Å². The fourth-order valence-electron chi connectivity index (χ4n) is 4.60. The molecule has 3 aromatic carbocycles. The summed E-state index contributed by atoms with van der Waals surface area (Å²) in [4.78, 5) is 29.6. The van der Waals surface area contributed by atoms with Gasteiger partial charge in [0.15, 0.2) is 5.82 Å². The molecule has 5 aromatic rings. The molecule has 3 heterocycles. The number of aromatic amines is 2. The Kier molecular flexibility index (Phi) is 7.55. The molecule has 0 unspecified atom stereocenters. The molecule has 1 saturated heterocycles. The van der Waals surface area contributed by atoms with Crippen molar-refractivity contribution in [2.24, 2.45) is 0 Å². The zero-order chi connectivity index (χ0) is 29.3. The van der Waals surface area contributed by atoms with Gasteiger partial charge in [-0.1, -0.05) is 34.1 Å². The van der Waals surface area contributed by atoms with Crippen LogP contribution >= 0.6 is 15.9 Å². The van der Waals surface area contributed by atoms with E-state index in [9.17, 15) is 18.0 Å². The van der Waals surface area contributed by atoms with E-state index in [1.54, 1.807) is 48.5 Å². The first kappa shape index (κ1) is 27.7. The number of hydrogen-bond acceptors (Lipinski definition) is 8. The number of fused-ring (bicyclic) bond motifs is 1. The van der Waals surface area contributed by atoms with Crippen LogP contribution in [-0.4, -0.2) is 76.4 Å². The average molecular weight is 652 g/mol. The average Bonchev–Trinajstić information content (AvgIpc) is 3.70. The van der Waals surface area contributed by atoms with Gasteiger partial charge in [-0.15, -0.1) is 5.10 Å². The molecule has 0 spiro atoms. The first-order valence-electron chi connectivity index (χ1n) is 12.8. The molecule has 0 radical (unpaired) electrons. The van der Waals surface area contributed by atoms with E-state index in [1.165, 1.54) is 22.5 Å². The van der Waals surface area contributed by atoms with E-state index >= 15 is 0 Å². The summed E-state index contributed by atoms with van der Waals surface area (Å²) in [7, 11) is -3.77. The van der Waals surface area contributed by atoms with E-state index < -0.39 is 21.8 Å². The Balaban J connectivity index is 1.23. The van der Waals surface area contributed by atoms with Crippen LogP contribution in [0, 0.1) is 0 Å². The summed E-state index contributed by atoms with van der Waals surface area (Å²) in [6.45, 7) is 1.15. The molecule has 42 heavy (non-hydrogen) atoms. The number of ether oxygens (including phenoxy) is 1. The molecule has 214 valence electrons. The minimum absolute atomic E-state index is 0.0301. The molecule has 4 N–H and O–H groups in total. The zero-order valence-electron chi connectivity index (χ0n) is 21.8. The first-order chi connectivity index (χ1) is 20.3. The number of carbonyl (C=O) groups is 2. The summed E-state index contributed by atoms with van der Waals surface area (Å²) in [5.41, 5.74) is 2.47. The highest BCUT2D eigenvalue weighted by atomic mass is 79.9. The second kappa shape index (κ2) is 11.4. The van der Waals surface area contributed by atoms with Crippen LogP contribution in [0.2, 0.25) is 0 Å². The van der Waals surface area contributed by atoms with E-state index in [1.807, 2.05) is 0 Å². The van der Waals surface area contributed by atoms with Crippen LogP contribution in [0.25, 0.3) is 22.3 Å². The number of sulfonamides is 1. The van der Waals surface area contributed by atoms with Gasteiger partial charge in [0, 0.05) is 34.1 Å². The van der Waals surface area contributed by atoms with E-state index in [4.69, 9.17) is 4.74 Å². The van der Waals surface area contributed by atoms with E-state index in [0.29, 0.717) is 46.9 Å². The number of rotatable bonds is 7. The van der Waals surface area contributed by atoms with Gasteiger partial charge >= 0.3 is 0 Å². The van der Waals surface area contributed by atoms with Crippen molar-refractivity contribution in [3.63, 3.8) is 0 Å². The summed E-state index contributed by atoms with van der Waals surface area (Å²) >= 11 is 3.42. The van der Waals surface area contributed by atoms with Crippen LogP contribution in [0.5, 0.6) is 0 Å². The highest BCUT2D eigenvalue weighted by Gasteiger charge is 2.27. The molecule has 2 amide bonds. The van der Waals surface area contributed by atoms with Crippen LogP contribution in [0.1, 0.15) is 20.8 Å². The van der Waals surface area contributed by atoms with E-state index in [-0.39, 0.29) is 29.2 Å². The molecule has 1 fully saturated rings. The van der Waals surface area contributed by atoms with Crippen molar-refractivity contribution >= 4 is 60.0 Å². The first-order valence-corrected chi connectivity index (χ1v) is 15.0. The van der Waals surface area contributed by atoms with Crippen LogP contribution < -0.4 is 10.6 Å². The van der Waals surface area contributed by atoms with E-state index in [0.717, 1.165) is 4.47 Å². The minimum atomic E-state index is -3.77. The van der Waals surface area contributed by atoms with Crippen molar-refractivity contribution in [1.82, 2.24) is 29.9 Å². The Bertz CT molecular complexity index is 1900. The number of nitrogens with one attached hydrogen (secondary N) is 4. The van der Waals surface area contributed by atoms with Crippen LogP contribution in [-0.2, 0) is 14.8 Å². The molecule has 0 aliphatic carbocycles. The molecular weight excluding hydrogens is 628 g/mol. The third kappa shape index (κ3) is 5.54. The number of amides is 2. The second-order valence-electron chi connectivity index (χ2n) is 9.35. The Hall–Kier alpha value is -4.44. The van der Waals surface area contributed by atoms with Gasteiger partial charge in [-0.05, 0) is 59.0 Å². The standard InChI is InChI=1S/C27H23BrN8O5S/c28-18-7-8-21(20(15-18)25-32-34-35-33-25)30-27(38)23-14-16-3-2-6-22(24(16)29-23)31-26(37)17-4-1-5-19(13-17)42(39,40)36-9-11-41-12-10-36/h1-8,13-15,29H,9-12H2,(H,30,38)(H,31,37)(H,32,33,34,35). The maximum Gasteiger partial charge on any atom is 0.272 e. The zero-order valence-corrected chi connectivity index (χ0v) is 24.2. The monoisotopic (exact) mass is 650 g/mol. The number of carbonyl (C=O) groups excluding carboxylic acids is 2. The lowest BCUT2D eigenvalue weighted by atomic mass is 10.1. The van der Waals surface area contributed by atoms with Gasteiger partial charge in [-0.2, -0.15) is 4.31 Å². The predicted molar refractivity (Wildman–Crippen MR) is 158 cm³/mol. The van der Waals surface area contributed by atoms with Crippen molar-refractivity contribution in [3.05, 3.63) is 82.5 Å². The smallest absolute Gasteiger partial charge is 0.272 e. The van der Waals surface area contributed by atoms with Crippen LogP contribution in [0.15, 0.2) is 76.1 Å². The maximum absolute atomic E-state index is 13.2. The Morgan fingerprint density at radius 3 is 2.50 bits per heavy atom. The van der Waals surface area contributed by atoms with Gasteiger partial charge in [0.2, 0.25) is 10.0 Å². The molecule has 0 atom stereocenters. The Morgan fingerprint density at radius 2 is 1.71 bits per heavy atom. The number of H-pyrrole nitrogens is 2. The SMILES string of the molecule is O=C(Nc1cccc2cc(C(=O)Nc3ccc(Br)cc3-c3nnn[nH]3)[nH]c12)c1cccc(S(=O)(=O)N2CCOCC2)c1. The van der Waals surface area contributed by atoms with Crippen molar-refractivity contribution in [3.8, 4) is 11.4 Å². The van der Waals surface area contributed by atoms with Crippen molar-refractivity contribution in [2.75, 3.05) is 36.9 Å². The van der Waals surface area contributed by atoms with Gasteiger partial charge in [0.1, 0.15) is 5.69 Å². The van der Waals surface area contributed by atoms with Crippen molar-refractivity contribution in [2.45, 2.75) is 4.90 Å². The van der Waals surface area contributed by atoms with Gasteiger partial charge in [0.25, 0.3) is 11.8 Å². The Morgan fingerprint density at radius 1 is 0.929 bits per heavy atom. The van der Waals surface area contributed by atoms with Crippen LogP contribution in [0.4, 0.5) is 11.4 Å². The van der Waals surface area contributed by atoms with Gasteiger partial charge in [0.05, 0.1) is 35.0 Å². The number of anilines is 2. The summed E-state index contributed by atoms with van der Waals surface area (Å²) in [6, 6.07) is 18.1. The minimum Gasteiger partial charge on any atom is -0.379 e. The largest absolute Gasteiger partial charge is 0.379 e. The topological polar surface area (TPSA) is 175 Å². The number of para-hydroxylation sites is 1. The highest BCUT2D eigenvalue weighted by molar-refractivity contribution is 9.10. The van der Waals surface area contributed by atoms with Crippen molar-refractivity contribution < 1.29 is 22.7 Å².